The average Bonchev–Trinajstić information content (AvgIpc) is 2.74. The van der Waals surface area contributed by atoms with Crippen LogP contribution in [-0.2, 0) is 25.1 Å². The predicted octanol–water partition coefficient (Wildman–Crippen LogP) is 4.03. The van der Waals surface area contributed by atoms with E-state index in [-0.39, 0.29) is 6.08 Å². The lowest BCUT2D eigenvalue weighted by Crippen LogP contribution is -2.46. The summed E-state index contributed by atoms with van der Waals surface area (Å²) in [4.78, 5) is 0. The van der Waals surface area contributed by atoms with Crippen LogP contribution in [-0.4, -0.2) is 21.6 Å². The van der Waals surface area contributed by atoms with Gasteiger partial charge in [0.05, 0.1) is 7.11 Å². The number of nitrogens with zero attached hydrogens (tertiary/aromatic N) is 1. The molecule has 0 fully saturated rings. The first-order valence-electron chi connectivity index (χ1n) is 8.81. The SMILES string of the molecule is COC1=NS(=O)(=O)[C@H](c2ccccc2)C(c2ccccc2)(c2ccccc2)O1. The van der Waals surface area contributed by atoms with E-state index in [1.807, 2.05) is 66.7 Å². The van der Waals surface area contributed by atoms with E-state index in [4.69, 9.17) is 9.47 Å². The number of ether oxygens (including phenoxy) is 2. The molecule has 4 rings (SSSR count). The molecule has 1 heterocycles. The summed E-state index contributed by atoms with van der Waals surface area (Å²) in [6, 6.07) is 27.6. The molecule has 142 valence electrons. The fourth-order valence-electron chi connectivity index (χ4n) is 3.65. The van der Waals surface area contributed by atoms with Crippen LogP contribution in [0, 0.1) is 0 Å². The zero-order valence-electron chi connectivity index (χ0n) is 15.2. The highest BCUT2D eigenvalue weighted by Gasteiger charge is 2.56. The first-order valence-corrected chi connectivity index (χ1v) is 10.3. The van der Waals surface area contributed by atoms with Crippen LogP contribution in [0.1, 0.15) is 21.9 Å². The van der Waals surface area contributed by atoms with Crippen LogP contribution >= 0.6 is 0 Å². The first-order chi connectivity index (χ1) is 13.6. The summed E-state index contributed by atoms with van der Waals surface area (Å²) in [5, 5.41) is -1.08. The Kier molecular flexibility index (Phi) is 4.65. The van der Waals surface area contributed by atoms with Crippen molar-refractivity contribution < 1.29 is 17.9 Å². The fraction of sp³-hybridized carbons (Fsp3) is 0.136. The molecule has 5 nitrogen and oxygen atoms in total. The van der Waals surface area contributed by atoms with Crippen molar-refractivity contribution in [3.63, 3.8) is 0 Å². The third kappa shape index (κ3) is 2.96. The van der Waals surface area contributed by atoms with Crippen molar-refractivity contribution in [1.29, 1.82) is 0 Å². The molecule has 1 atom stereocenters. The number of benzene rings is 3. The molecule has 1 aliphatic rings. The van der Waals surface area contributed by atoms with Crippen LogP contribution in [0.3, 0.4) is 0 Å². The molecule has 3 aromatic carbocycles. The van der Waals surface area contributed by atoms with Crippen molar-refractivity contribution in [3.8, 4) is 0 Å². The monoisotopic (exact) mass is 393 g/mol. The second-order valence-electron chi connectivity index (χ2n) is 6.44. The Balaban J connectivity index is 2.10. The van der Waals surface area contributed by atoms with E-state index in [2.05, 4.69) is 4.40 Å². The van der Waals surface area contributed by atoms with Gasteiger partial charge >= 0.3 is 6.08 Å². The molecule has 0 saturated carbocycles. The van der Waals surface area contributed by atoms with Gasteiger partial charge in [0.15, 0.2) is 10.9 Å². The van der Waals surface area contributed by atoms with Gasteiger partial charge in [0.25, 0.3) is 10.0 Å². The van der Waals surface area contributed by atoms with Gasteiger partial charge in [0, 0.05) is 11.1 Å². The lowest BCUT2D eigenvalue weighted by atomic mass is 9.80. The topological polar surface area (TPSA) is 65.0 Å². The molecule has 0 N–H and O–H groups in total. The Labute approximate surface area is 164 Å². The van der Waals surface area contributed by atoms with Gasteiger partial charge in [-0.2, -0.15) is 0 Å². The van der Waals surface area contributed by atoms with Crippen molar-refractivity contribution in [2.24, 2.45) is 4.40 Å². The zero-order valence-corrected chi connectivity index (χ0v) is 16.0. The molecule has 28 heavy (non-hydrogen) atoms. The lowest BCUT2D eigenvalue weighted by Gasteiger charge is -2.42. The molecule has 1 aliphatic heterocycles. The number of hydrogen-bond acceptors (Lipinski definition) is 4. The summed E-state index contributed by atoms with van der Waals surface area (Å²) in [5.41, 5.74) is 0.635. The van der Waals surface area contributed by atoms with Gasteiger partial charge in [-0.15, -0.1) is 0 Å². The normalized spacial score (nSPS) is 19.9. The average molecular weight is 393 g/mol. The largest absolute Gasteiger partial charge is 0.453 e. The minimum Gasteiger partial charge on any atom is -0.453 e. The summed E-state index contributed by atoms with van der Waals surface area (Å²) in [7, 11) is -2.66. The molecular weight excluding hydrogens is 374 g/mol. The molecule has 0 radical (unpaired) electrons. The quantitative estimate of drug-likeness (QED) is 0.674. The van der Waals surface area contributed by atoms with Crippen LogP contribution in [0.5, 0.6) is 0 Å². The Hall–Kier alpha value is -3.12. The van der Waals surface area contributed by atoms with Gasteiger partial charge in [0.1, 0.15) is 0 Å². The highest BCUT2D eigenvalue weighted by atomic mass is 32.2. The maximum Gasteiger partial charge on any atom is 0.400 e. The second kappa shape index (κ2) is 7.13. The van der Waals surface area contributed by atoms with E-state index in [0.29, 0.717) is 16.7 Å². The summed E-state index contributed by atoms with van der Waals surface area (Å²) in [5.74, 6) is 0. The van der Waals surface area contributed by atoms with E-state index in [0.717, 1.165) is 0 Å². The Morgan fingerprint density at radius 3 is 1.75 bits per heavy atom. The Morgan fingerprint density at radius 2 is 1.29 bits per heavy atom. The van der Waals surface area contributed by atoms with Crippen LogP contribution < -0.4 is 0 Å². The van der Waals surface area contributed by atoms with E-state index in [1.54, 1.807) is 24.3 Å². The van der Waals surface area contributed by atoms with Crippen molar-refractivity contribution in [3.05, 3.63) is 108 Å². The van der Waals surface area contributed by atoms with E-state index in [1.165, 1.54) is 7.11 Å². The summed E-state index contributed by atoms with van der Waals surface area (Å²) in [6.45, 7) is 0. The highest BCUT2D eigenvalue weighted by Crippen LogP contribution is 2.51. The van der Waals surface area contributed by atoms with Gasteiger partial charge < -0.3 is 9.47 Å². The van der Waals surface area contributed by atoms with Gasteiger partial charge in [0.2, 0.25) is 0 Å². The Morgan fingerprint density at radius 1 is 0.821 bits per heavy atom. The lowest BCUT2D eigenvalue weighted by molar-refractivity contribution is 0.0436. The molecule has 0 bridgehead atoms. The second-order valence-corrected chi connectivity index (χ2v) is 8.12. The smallest absolute Gasteiger partial charge is 0.400 e. The molecule has 0 aliphatic carbocycles. The standard InChI is InChI=1S/C22H19NO4S/c1-26-21-23-28(24,25)20(17-11-5-2-6-12-17)22(27-21,18-13-7-3-8-14-18)19-15-9-4-10-16-19/h2-16,20H,1H3/t20-/m1/s1. The van der Waals surface area contributed by atoms with E-state index >= 15 is 0 Å². The molecule has 3 aromatic rings. The zero-order chi connectivity index (χ0) is 19.6. The maximum absolute atomic E-state index is 13.4. The van der Waals surface area contributed by atoms with Crippen molar-refractivity contribution in [1.82, 2.24) is 0 Å². The number of methoxy groups -OCH3 is 1. The molecule has 0 aromatic heterocycles. The van der Waals surface area contributed by atoms with Gasteiger partial charge in [-0.3, -0.25) is 0 Å². The molecule has 0 spiro atoms. The highest BCUT2D eigenvalue weighted by molar-refractivity contribution is 7.90. The van der Waals surface area contributed by atoms with Crippen molar-refractivity contribution in [2.75, 3.05) is 7.11 Å². The summed E-state index contributed by atoms with van der Waals surface area (Å²) in [6.07, 6.45) is -0.278. The third-order valence-electron chi connectivity index (χ3n) is 4.80. The van der Waals surface area contributed by atoms with E-state index < -0.39 is 20.9 Å². The molecule has 0 saturated heterocycles. The van der Waals surface area contributed by atoms with Gasteiger partial charge in [-0.1, -0.05) is 95.4 Å². The Bertz CT molecular complexity index is 1040. The number of sulfonamides is 1. The predicted molar refractivity (Wildman–Crippen MR) is 107 cm³/mol. The first kappa shape index (κ1) is 18.3. The molecule has 0 amide bonds. The van der Waals surface area contributed by atoms with Gasteiger partial charge in [-0.25, -0.2) is 8.42 Å². The van der Waals surface area contributed by atoms with Crippen molar-refractivity contribution in [2.45, 2.75) is 10.9 Å². The fourth-order valence-corrected chi connectivity index (χ4v) is 5.31. The van der Waals surface area contributed by atoms with Gasteiger partial charge in [-0.05, 0) is 5.56 Å². The third-order valence-corrected chi connectivity index (χ3v) is 6.40. The summed E-state index contributed by atoms with van der Waals surface area (Å²) < 4.78 is 41.9. The van der Waals surface area contributed by atoms with E-state index in [9.17, 15) is 8.42 Å². The maximum atomic E-state index is 13.4. The van der Waals surface area contributed by atoms with Crippen molar-refractivity contribution >= 4 is 16.1 Å². The molecular formula is C22H19NO4S. The minimum atomic E-state index is -4.00. The van der Waals surface area contributed by atoms with Crippen LogP contribution in [0.2, 0.25) is 0 Å². The molecule has 6 heteroatoms. The minimum absolute atomic E-state index is 0.278. The molecule has 0 unspecified atom stereocenters. The van der Waals surface area contributed by atoms with Crippen LogP contribution in [0.25, 0.3) is 0 Å². The number of hydrogen-bond donors (Lipinski definition) is 0. The van der Waals surface area contributed by atoms with Crippen LogP contribution in [0.15, 0.2) is 95.4 Å². The van der Waals surface area contributed by atoms with Crippen LogP contribution in [0.4, 0.5) is 0 Å². The summed E-state index contributed by atoms with van der Waals surface area (Å²) >= 11 is 0. The number of rotatable bonds is 3.